The first-order valence-electron chi connectivity index (χ1n) is 5.82. The minimum absolute atomic E-state index is 0.0239. The first kappa shape index (κ1) is 15.2. The standard InChI is InChI=1S/C14H13Cl2NO2S/c1-9-2-3-10(13(16)6-9)8-20(18,19)14-7-11(17)4-5-12(14)15/h2-7H,8,17H2,1H3. The lowest BCUT2D eigenvalue weighted by molar-refractivity contribution is 0.595. The Morgan fingerprint density at radius 1 is 1.05 bits per heavy atom. The number of nitrogens with two attached hydrogens (primary N) is 1. The zero-order valence-electron chi connectivity index (χ0n) is 10.7. The second-order valence-electron chi connectivity index (χ2n) is 4.54. The van der Waals surface area contributed by atoms with Gasteiger partial charge in [0.1, 0.15) is 0 Å². The molecule has 0 aliphatic carbocycles. The Morgan fingerprint density at radius 2 is 1.75 bits per heavy atom. The quantitative estimate of drug-likeness (QED) is 0.870. The van der Waals surface area contributed by atoms with E-state index in [4.69, 9.17) is 28.9 Å². The van der Waals surface area contributed by atoms with Crippen LogP contribution in [0.15, 0.2) is 41.3 Å². The number of hydrogen-bond acceptors (Lipinski definition) is 3. The zero-order valence-corrected chi connectivity index (χ0v) is 13.1. The van der Waals surface area contributed by atoms with Gasteiger partial charge < -0.3 is 5.73 Å². The number of sulfone groups is 1. The summed E-state index contributed by atoms with van der Waals surface area (Å²) in [4.78, 5) is 0.0239. The van der Waals surface area contributed by atoms with Crippen LogP contribution < -0.4 is 5.73 Å². The van der Waals surface area contributed by atoms with E-state index in [9.17, 15) is 8.42 Å². The zero-order chi connectivity index (χ0) is 14.9. The largest absolute Gasteiger partial charge is 0.399 e. The third-order valence-corrected chi connectivity index (χ3v) is 5.34. The van der Waals surface area contributed by atoms with E-state index in [1.165, 1.54) is 12.1 Å². The van der Waals surface area contributed by atoms with Crippen LogP contribution in [0.3, 0.4) is 0 Å². The van der Waals surface area contributed by atoms with Gasteiger partial charge in [-0.3, -0.25) is 0 Å². The number of anilines is 1. The number of hydrogen-bond donors (Lipinski definition) is 1. The molecule has 0 amide bonds. The van der Waals surface area contributed by atoms with Gasteiger partial charge in [0.15, 0.2) is 9.84 Å². The van der Waals surface area contributed by atoms with E-state index in [0.29, 0.717) is 16.3 Å². The highest BCUT2D eigenvalue weighted by Crippen LogP contribution is 2.28. The second-order valence-corrected chi connectivity index (χ2v) is 7.32. The molecule has 2 aromatic rings. The Kier molecular flexibility index (Phi) is 4.28. The van der Waals surface area contributed by atoms with Crippen molar-refractivity contribution in [2.24, 2.45) is 0 Å². The summed E-state index contributed by atoms with van der Waals surface area (Å²) in [5.41, 5.74) is 7.48. The summed E-state index contributed by atoms with van der Waals surface area (Å²) in [6.45, 7) is 1.89. The van der Waals surface area contributed by atoms with Gasteiger partial charge in [0.25, 0.3) is 0 Å². The van der Waals surface area contributed by atoms with Gasteiger partial charge in [-0.15, -0.1) is 0 Å². The molecule has 0 aliphatic rings. The predicted molar refractivity (Wildman–Crippen MR) is 82.9 cm³/mol. The lowest BCUT2D eigenvalue weighted by Gasteiger charge is -2.09. The third-order valence-electron chi connectivity index (χ3n) is 2.84. The van der Waals surface area contributed by atoms with E-state index >= 15 is 0 Å². The summed E-state index contributed by atoms with van der Waals surface area (Å²) in [5, 5.41) is 0.580. The van der Waals surface area contributed by atoms with Gasteiger partial charge in [0.2, 0.25) is 0 Å². The SMILES string of the molecule is Cc1ccc(CS(=O)(=O)c2cc(N)ccc2Cl)c(Cl)c1. The van der Waals surface area contributed by atoms with Gasteiger partial charge in [-0.1, -0.05) is 35.3 Å². The minimum Gasteiger partial charge on any atom is -0.399 e. The fraction of sp³-hybridized carbons (Fsp3) is 0.143. The molecule has 0 aromatic heterocycles. The number of benzene rings is 2. The van der Waals surface area contributed by atoms with Gasteiger partial charge >= 0.3 is 0 Å². The Labute approximate surface area is 128 Å². The monoisotopic (exact) mass is 329 g/mol. The van der Waals surface area contributed by atoms with Crippen molar-refractivity contribution < 1.29 is 8.42 Å². The van der Waals surface area contributed by atoms with E-state index < -0.39 is 9.84 Å². The van der Waals surface area contributed by atoms with Crippen LogP contribution in [-0.4, -0.2) is 8.42 Å². The molecule has 0 fully saturated rings. The van der Waals surface area contributed by atoms with Crippen LogP contribution in [0.4, 0.5) is 5.69 Å². The molecule has 0 bridgehead atoms. The van der Waals surface area contributed by atoms with Crippen LogP contribution in [0.5, 0.6) is 0 Å². The van der Waals surface area contributed by atoms with Gasteiger partial charge in [-0.25, -0.2) is 8.42 Å². The van der Waals surface area contributed by atoms with E-state index in [0.717, 1.165) is 5.56 Å². The molecular weight excluding hydrogens is 317 g/mol. The predicted octanol–water partition coefficient (Wildman–Crippen LogP) is 3.86. The number of nitrogen functional groups attached to an aromatic ring is 1. The van der Waals surface area contributed by atoms with Crippen molar-refractivity contribution in [2.75, 3.05) is 5.73 Å². The Balaban J connectivity index is 2.43. The van der Waals surface area contributed by atoms with Crippen molar-refractivity contribution in [3.05, 3.63) is 57.6 Å². The summed E-state index contributed by atoms with van der Waals surface area (Å²) in [6.07, 6.45) is 0. The summed E-state index contributed by atoms with van der Waals surface area (Å²) in [5.74, 6) is -0.213. The summed E-state index contributed by atoms with van der Waals surface area (Å²) < 4.78 is 24.8. The normalized spacial score (nSPS) is 11.6. The highest BCUT2D eigenvalue weighted by molar-refractivity contribution is 7.90. The van der Waals surface area contributed by atoms with Crippen molar-refractivity contribution >= 4 is 38.7 Å². The Morgan fingerprint density at radius 3 is 2.40 bits per heavy atom. The smallest absolute Gasteiger partial charge is 0.184 e. The highest BCUT2D eigenvalue weighted by Gasteiger charge is 2.20. The van der Waals surface area contributed by atoms with Crippen LogP contribution in [-0.2, 0) is 15.6 Å². The molecule has 0 heterocycles. The van der Waals surface area contributed by atoms with Crippen LogP contribution >= 0.6 is 23.2 Å². The summed E-state index contributed by atoms with van der Waals surface area (Å²) in [7, 11) is -3.60. The number of halogens is 2. The fourth-order valence-corrected chi connectivity index (χ4v) is 4.16. The molecule has 2 rings (SSSR count). The lowest BCUT2D eigenvalue weighted by Crippen LogP contribution is -2.07. The minimum atomic E-state index is -3.60. The molecule has 20 heavy (non-hydrogen) atoms. The van der Waals surface area contributed by atoms with Gasteiger partial charge in [0, 0.05) is 10.7 Å². The molecule has 0 unspecified atom stereocenters. The topological polar surface area (TPSA) is 60.2 Å². The average molecular weight is 330 g/mol. The molecule has 2 aromatic carbocycles. The van der Waals surface area contributed by atoms with Gasteiger partial charge in [-0.2, -0.15) is 0 Å². The summed E-state index contributed by atoms with van der Waals surface area (Å²) in [6, 6.07) is 9.64. The number of rotatable bonds is 3. The first-order valence-corrected chi connectivity index (χ1v) is 8.23. The molecule has 0 saturated heterocycles. The molecule has 0 spiro atoms. The molecule has 0 saturated carbocycles. The van der Waals surface area contributed by atoms with Gasteiger partial charge in [0.05, 0.1) is 15.7 Å². The maximum absolute atomic E-state index is 12.4. The van der Waals surface area contributed by atoms with Crippen molar-refractivity contribution in [3.8, 4) is 0 Å². The summed E-state index contributed by atoms with van der Waals surface area (Å²) >= 11 is 12.0. The number of aryl methyl sites for hydroxylation is 1. The second kappa shape index (κ2) is 5.64. The Hall–Kier alpha value is -1.23. The first-order chi connectivity index (χ1) is 9.29. The maximum atomic E-state index is 12.4. The molecule has 106 valence electrons. The van der Waals surface area contributed by atoms with Crippen molar-refractivity contribution in [1.29, 1.82) is 0 Å². The lowest BCUT2D eigenvalue weighted by atomic mass is 10.2. The Bertz CT molecular complexity index is 758. The molecule has 2 N–H and O–H groups in total. The maximum Gasteiger partial charge on any atom is 0.184 e. The molecular formula is C14H13Cl2NO2S. The molecule has 3 nitrogen and oxygen atoms in total. The van der Waals surface area contributed by atoms with E-state index in [1.54, 1.807) is 18.2 Å². The highest BCUT2D eigenvalue weighted by atomic mass is 35.5. The van der Waals surface area contributed by atoms with Gasteiger partial charge in [-0.05, 0) is 42.3 Å². The van der Waals surface area contributed by atoms with Crippen LogP contribution in [0.25, 0.3) is 0 Å². The van der Waals surface area contributed by atoms with E-state index in [-0.39, 0.29) is 15.7 Å². The van der Waals surface area contributed by atoms with E-state index in [2.05, 4.69) is 0 Å². The molecule has 0 aliphatic heterocycles. The van der Waals surface area contributed by atoms with Crippen molar-refractivity contribution in [2.45, 2.75) is 17.6 Å². The fourth-order valence-electron chi connectivity index (χ4n) is 1.81. The van der Waals surface area contributed by atoms with Crippen molar-refractivity contribution in [3.63, 3.8) is 0 Å². The third kappa shape index (κ3) is 3.26. The van der Waals surface area contributed by atoms with Crippen LogP contribution in [0.2, 0.25) is 10.0 Å². The average Bonchev–Trinajstić information content (AvgIpc) is 2.35. The van der Waals surface area contributed by atoms with Crippen molar-refractivity contribution in [1.82, 2.24) is 0 Å². The van der Waals surface area contributed by atoms with Crippen LogP contribution in [0, 0.1) is 6.92 Å². The van der Waals surface area contributed by atoms with Crippen LogP contribution in [0.1, 0.15) is 11.1 Å². The molecule has 0 atom stereocenters. The molecule has 0 radical (unpaired) electrons. The van der Waals surface area contributed by atoms with E-state index in [1.807, 2.05) is 13.0 Å². The molecule has 6 heteroatoms.